The molecular weight excluding hydrogens is 142 g/mol. The maximum atomic E-state index is 8.94. The van der Waals surface area contributed by atoms with Gasteiger partial charge in [-0.1, -0.05) is 6.08 Å². The van der Waals surface area contributed by atoms with Crippen molar-refractivity contribution in [2.45, 2.75) is 25.5 Å². The SMILES string of the molecule is C=CCC(C)NC[C@H](O)CO. The molecule has 3 nitrogen and oxygen atoms in total. The van der Waals surface area contributed by atoms with Crippen molar-refractivity contribution >= 4 is 0 Å². The van der Waals surface area contributed by atoms with Crippen molar-refractivity contribution in [3.63, 3.8) is 0 Å². The van der Waals surface area contributed by atoms with E-state index in [-0.39, 0.29) is 6.61 Å². The molecule has 0 saturated heterocycles. The lowest BCUT2D eigenvalue weighted by molar-refractivity contribution is 0.0924. The molecule has 11 heavy (non-hydrogen) atoms. The van der Waals surface area contributed by atoms with Crippen molar-refractivity contribution in [2.75, 3.05) is 13.2 Å². The number of rotatable bonds is 6. The van der Waals surface area contributed by atoms with E-state index >= 15 is 0 Å². The van der Waals surface area contributed by atoms with Crippen molar-refractivity contribution in [2.24, 2.45) is 0 Å². The van der Waals surface area contributed by atoms with Gasteiger partial charge in [-0.25, -0.2) is 0 Å². The highest BCUT2D eigenvalue weighted by atomic mass is 16.3. The molecule has 2 atom stereocenters. The summed E-state index contributed by atoms with van der Waals surface area (Å²) in [6.45, 7) is 5.85. The number of aliphatic hydroxyl groups excluding tert-OH is 2. The van der Waals surface area contributed by atoms with E-state index in [0.29, 0.717) is 12.6 Å². The lowest BCUT2D eigenvalue weighted by atomic mass is 10.2. The minimum absolute atomic E-state index is 0.187. The molecule has 0 bridgehead atoms. The highest BCUT2D eigenvalue weighted by Crippen LogP contribution is 1.90. The molecule has 0 heterocycles. The largest absolute Gasteiger partial charge is 0.394 e. The quantitative estimate of drug-likeness (QED) is 0.474. The smallest absolute Gasteiger partial charge is 0.0895 e. The van der Waals surface area contributed by atoms with Crippen molar-refractivity contribution < 1.29 is 10.2 Å². The van der Waals surface area contributed by atoms with E-state index in [2.05, 4.69) is 11.9 Å². The third kappa shape index (κ3) is 6.04. The van der Waals surface area contributed by atoms with Gasteiger partial charge in [-0.2, -0.15) is 0 Å². The average molecular weight is 159 g/mol. The maximum Gasteiger partial charge on any atom is 0.0895 e. The lowest BCUT2D eigenvalue weighted by Gasteiger charge is -2.13. The van der Waals surface area contributed by atoms with Crippen LogP contribution in [0.4, 0.5) is 0 Å². The Hall–Kier alpha value is -0.380. The second-order valence-corrected chi connectivity index (χ2v) is 2.67. The molecule has 66 valence electrons. The van der Waals surface area contributed by atoms with E-state index in [1.54, 1.807) is 0 Å². The van der Waals surface area contributed by atoms with Gasteiger partial charge < -0.3 is 15.5 Å². The van der Waals surface area contributed by atoms with Gasteiger partial charge in [0, 0.05) is 12.6 Å². The van der Waals surface area contributed by atoms with Gasteiger partial charge in [0.05, 0.1) is 12.7 Å². The fourth-order valence-electron chi connectivity index (χ4n) is 0.735. The molecule has 0 aliphatic rings. The van der Waals surface area contributed by atoms with Crippen LogP contribution in [0.25, 0.3) is 0 Å². The topological polar surface area (TPSA) is 52.5 Å². The van der Waals surface area contributed by atoms with Gasteiger partial charge in [0.2, 0.25) is 0 Å². The van der Waals surface area contributed by atoms with Crippen molar-refractivity contribution in [3.05, 3.63) is 12.7 Å². The Bertz CT molecular complexity index is 106. The highest BCUT2D eigenvalue weighted by Gasteiger charge is 2.03. The van der Waals surface area contributed by atoms with Crippen molar-refractivity contribution in [1.82, 2.24) is 5.32 Å². The van der Waals surface area contributed by atoms with Crippen LogP contribution in [0.3, 0.4) is 0 Å². The summed E-state index contributed by atoms with van der Waals surface area (Å²) in [6.07, 6.45) is 2.04. The molecule has 3 heteroatoms. The zero-order valence-electron chi connectivity index (χ0n) is 6.95. The standard InChI is InChI=1S/C8H17NO2/c1-3-4-7(2)9-5-8(11)6-10/h3,7-11H,1,4-6H2,2H3/t7?,8-/m0/s1. The number of hydrogen-bond acceptors (Lipinski definition) is 3. The highest BCUT2D eigenvalue weighted by molar-refractivity contribution is 4.75. The van der Waals surface area contributed by atoms with Crippen LogP contribution in [0.15, 0.2) is 12.7 Å². The summed E-state index contributed by atoms with van der Waals surface area (Å²) in [4.78, 5) is 0. The lowest BCUT2D eigenvalue weighted by Crippen LogP contribution is -2.35. The second-order valence-electron chi connectivity index (χ2n) is 2.67. The van der Waals surface area contributed by atoms with Crippen LogP contribution in [0, 0.1) is 0 Å². The summed E-state index contributed by atoms with van der Waals surface area (Å²) in [5, 5.41) is 20.5. The minimum Gasteiger partial charge on any atom is -0.394 e. The Morgan fingerprint density at radius 2 is 2.27 bits per heavy atom. The summed E-state index contributed by atoms with van der Waals surface area (Å²) in [7, 11) is 0. The molecule has 0 aliphatic carbocycles. The summed E-state index contributed by atoms with van der Waals surface area (Å²) in [5.41, 5.74) is 0. The summed E-state index contributed by atoms with van der Waals surface area (Å²) in [6, 6.07) is 0.314. The molecule has 3 N–H and O–H groups in total. The number of aliphatic hydroxyl groups is 2. The van der Waals surface area contributed by atoms with Crippen LogP contribution in [0.1, 0.15) is 13.3 Å². The van der Waals surface area contributed by atoms with E-state index in [1.165, 1.54) is 0 Å². The van der Waals surface area contributed by atoms with Crippen LogP contribution in [0.2, 0.25) is 0 Å². The van der Waals surface area contributed by atoms with E-state index in [4.69, 9.17) is 10.2 Å². The van der Waals surface area contributed by atoms with Crippen molar-refractivity contribution in [1.29, 1.82) is 0 Å². The maximum absolute atomic E-state index is 8.94. The van der Waals surface area contributed by atoms with Gasteiger partial charge in [0.15, 0.2) is 0 Å². The first kappa shape index (κ1) is 10.6. The Labute approximate surface area is 67.7 Å². The molecule has 1 unspecified atom stereocenters. The Kier molecular flexibility index (Phi) is 6.12. The second kappa shape index (κ2) is 6.34. The third-order valence-corrected chi connectivity index (χ3v) is 1.43. The van der Waals surface area contributed by atoms with Crippen molar-refractivity contribution in [3.8, 4) is 0 Å². The van der Waals surface area contributed by atoms with Gasteiger partial charge >= 0.3 is 0 Å². The first-order chi connectivity index (χ1) is 5.20. The van der Waals surface area contributed by atoms with Gasteiger partial charge in [0.1, 0.15) is 0 Å². The van der Waals surface area contributed by atoms with Gasteiger partial charge in [0.25, 0.3) is 0 Å². The molecule has 0 spiro atoms. The van der Waals surface area contributed by atoms with Gasteiger partial charge in [-0.3, -0.25) is 0 Å². The van der Waals surface area contributed by atoms with Crippen LogP contribution in [0.5, 0.6) is 0 Å². The third-order valence-electron chi connectivity index (χ3n) is 1.43. The average Bonchev–Trinajstić information content (AvgIpc) is 2.01. The van der Waals surface area contributed by atoms with Crippen LogP contribution < -0.4 is 5.32 Å². The van der Waals surface area contributed by atoms with E-state index in [0.717, 1.165) is 6.42 Å². The molecule has 0 saturated carbocycles. The normalized spacial score (nSPS) is 15.9. The first-order valence-corrected chi connectivity index (χ1v) is 3.84. The summed E-state index contributed by atoms with van der Waals surface area (Å²) < 4.78 is 0. The molecular formula is C8H17NO2. The van der Waals surface area contributed by atoms with Gasteiger partial charge in [-0.15, -0.1) is 6.58 Å². The number of hydrogen-bond donors (Lipinski definition) is 3. The van der Waals surface area contributed by atoms with E-state index < -0.39 is 6.10 Å². The van der Waals surface area contributed by atoms with E-state index in [1.807, 2.05) is 13.0 Å². The predicted octanol–water partition coefficient (Wildman–Crippen LogP) is -0.106. The predicted molar refractivity (Wildman–Crippen MR) is 45.4 cm³/mol. The molecule has 0 rings (SSSR count). The van der Waals surface area contributed by atoms with E-state index in [9.17, 15) is 0 Å². The summed E-state index contributed by atoms with van der Waals surface area (Å²) >= 11 is 0. The molecule has 0 aromatic rings. The molecule has 0 aliphatic heterocycles. The Morgan fingerprint density at radius 3 is 2.73 bits per heavy atom. The zero-order valence-corrected chi connectivity index (χ0v) is 6.95. The Morgan fingerprint density at radius 1 is 1.64 bits per heavy atom. The van der Waals surface area contributed by atoms with Crippen LogP contribution in [-0.2, 0) is 0 Å². The molecule has 0 radical (unpaired) electrons. The minimum atomic E-state index is -0.651. The zero-order chi connectivity index (χ0) is 8.69. The fourth-order valence-corrected chi connectivity index (χ4v) is 0.735. The van der Waals surface area contributed by atoms with Crippen LogP contribution >= 0.6 is 0 Å². The Balaban J connectivity index is 3.29. The van der Waals surface area contributed by atoms with Crippen LogP contribution in [-0.4, -0.2) is 35.5 Å². The fraction of sp³-hybridized carbons (Fsp3) is 0.750. The van der Waals surface area contributed by atoms with Gasteiger partial charge in [-0.05, 0) is 13.3 Å². The monoisotopic (exact) mass is 159 g/mol. The molecule has 0 aromatic heterocycles. The molecule has 0 fully saturated rings. The number of nitrogens with one attached hydrogen (secondary N) is 1. The summed E-state index contributed by atoms with van der Waals surface area (Å²) in [5.74, 6) is 0. The molecule has 0 aromatic carbocycles. The molecule has 0 amide bonds. The first-order valence-electron chi connectivity index (χ1n) is 3.84.